The molecule has 100 valence electrons. The first kappa shape index (κ1) is 12.8. The van der Waals surface area contributed by atoms with Crippen LogP contribution in [0.15, 0.2) is 54.7 Å². The van der Waals surface area contributed by atoms with E-state index < -0.39 is 6.04 Å². The van der Waals surface area contributed by atoms with Crippen LogP contribution in [0.25, 0.3) is 10.9 Å². The highest BCUT2D eigenvalue weighted by atomic mass is 19.1. The van der Waals surface area contributed by atoms with E-state index in [1.165, 1.54) is 0 Å². The van der Waals surface area contributed by atoms with Crippen molar-refractivity contribution in [1.29, 1.82) is 0 Å². The summed E-state index contributed by atoms with van der Waals surface area (Å²) in [6, 6.07) is 14.6. The number of hydrogen-bond donors (Lipinski definition) is 1. The summed E-state index contributed by atoms with van der Waals surface area (Å²) in [5, 5.41) is 1.01. The van der Waals surface area contributed by atoms with Crippen LogP contribution in [0.1, 0.15) is 22.7 Å². The minimum atomic E-state index is -0.507. The molecule has 0 saturated carbocycles. The number of hydrogen-bond acceptors (Lipinski definition) is 2. The summed E-state index contributed by atoms with van der Waals surface area (Å²) < 4.78 is 14.2. The number of nitrogens with two attached hydrogens (primary N) is 1. The SMILES string of the molecule is Cc1cccc(C(N)c2cnc3ccccc3c2)c1F. The fourth-order valence-electron chi connectivity index (χ4n) is 2.35. The predicted molar refractivity (Wildman–Crippen MR) is 78.9 cm³/mol. The molecule has 1 unspecified atom stereocenters. The van der Waals surface area contributed by atoms with Crippen LogP contribution >= 0.6 is 0 Å². The fraction of sp³-hybridized carbons (Fsp3) is 0.118. The van der Waals surface area contributed by atoms with Gasteiger partial charge in [-0.2, -0.15) is 0 Å². The molecule has 0 saturated heterocycles. The lowest BCUT2D eigenvalue weighted by atomic mass is 9.97. The maximum absolute atomic E-state index is 14.2. The van der Waals surface area contributed by atoms with Crippen LogP contribution in [0, 0.1) is 12.7 Å². The number of aryl methyl sites for hydroxylation is 1. The fourth-order valence-corrected chi connectivity index (χ4v) is 2.35. The monoisotopic (exact) mass is 266 g/mol. The van der Waals surface area contributed by atoms with Gasteiger partial charge in [-0.25, -0.2) is 4.39 Å². The van der Waals surface area contributed by atoms with Crippen molar-refractivity contribution >= 4 is 10.9 Å². The van der Waals surface area contributed by atoms with E-state index in [1.807, 2.05) is 36.4 Å². The molecule has 1 heterocycles. The van der Waals surface area contributed by atoms with Crippen LogP contribution in [0.2, 0.25) is 0 Å². The molecule has 0 bridgehead atoms. The molecular weight excluding hydrogens is 251 g/mol. The molecule has 2 aromatic carbocycles. The molecule has 3 heteroatoms. The van der Waals surface area contributed by atoms with Crippen LogP contribution < -0.4 is 5.73 Å². The van der Waals surface area contributed by atoms with Crippen molar-refractivity contribution in [2.24, 2.45) is 5.73 Å². The molecule has 0 aliphatic rings. The van der Waals surface area contributed by atoms with Crippen molar-refractivity contribution < 1.29 is 4.39 Å². The molecule has 20 heavy (non-hydrogen) atoms. The third kappa shape index (κ3) is 2.17. The molecule has 0 aliphatic carbocycles. The molecule has 3 aromatic rings. The smallest absolute Gasteiger partial charge is 0.131 e. The number of rotatable bonds is 2. The van der Waals surface area contributed by atoms with Gasteiger partial charge in [0.15, 0.2) is 0 Å². The summed E-state index contributed by atoms with van der Waals surface area (Å²) in [5.41, 5.74) is 9.03. The Morgan fingerprint density at radius 2 is 1.90 bits per heavy atom. The zero-order chi connectivity index (χ0) is 14.1. The Kier molecular flexibility index (Phi) is 3.20. The second-order valence-electron chi connectivity index (χ2n) is 4.92. The Hall–Kier alpha value is -2.26. The summed E-state index contributed by atoms with van der Waals surface area (Å²) >= 11 is 0. The summed E-state index contributed by atoms with van der Waals surface area (Å²) in [5.74, 6) is -0.242. The van der Waals surface area contributed by atoms with Gasteiger partial charge in [0.2, 0.25) is 0 Å². The molecule has 2 nitrogen and oxygen atoms in total. The van der Waals surface area contributed by atoms with E-state index in [0.29, 0.717) is 11.1 Å². The summed E-state index contributed by atoms with van der Waals surface area (Å²) in [6.45, 7) is 1.74. The third-order valence-electron chi connectivity index (χ3n) is 3.53. The molecule has 2 N–H and O–H groups in total. The molecule has 3 rings (SSSR count). The Morgan fingerprint density at radius 3 is 2.75 bits per heavy atom. The lowest BCUT2D eigenvalue weighted by Gasteiger charge is -2.14. The first-order chi connectivity index (χ1) is 9.66. The second-order valence-corrected chi connectivity index (χ2v) is 4.92. The van der Waals surface area contributed by atoms with Crippen LogP contribution in [-0.2, 0) is 0 Å². The van der Waals surface area contributed by atoms with E-state index in [0.717, 1.165) is 16.5 Å². The minimum Gasteiger partial charge on any atom is -0.320 e. The van der Waals surface area contributed by atoms with Gasteiger partial charge < -0.3 is 5.73 Å². The lowest BCUT2D eigenvalue weighted by Crippen LogP contribution is -2.14. The van der Waals surface area contributed by atoms with E-state index in [1.54, 1.807) is 25.3 Å². The van der Waals surface area contributed by atoms with Gasteiger partial charge in [0.1, 0.15) is 5.82 Å². The van der Waals surface area contributed by atoms with E-state index in [4.69, 9.17) is 5.73 Å². The molecule has 0 aliphatic heterocycles. The maximum atomic E-state index is 14.2. The Bertz CT molecular complexity index is 768. The topological polar surface area (TPSA) is 38.9 Å². The maximum Gasteiger partial charge on any atom is 0.131 e. The Labute approximate surface area is 117 Å². The highest BCUT2D eigenvalue weighted by molar-refractivity contribution is 5.78. The molecule has 0 spiro atoms. The first-order valence-corrected chi connectivity index (χ1v) is 6.52. The lowest BCUT2D eigenvalue weighted by molar-refractivity contribution is 0.591. The van der Waals surface area contributed by atoms with Gasteiger partial charge in [0.05, 0.1) is 11.6 Å². The standard InChI is InChI=1S/C17H15FN2/c1-11-5-4-7-14(16(11)18)17(19)13-9-12-6-2-3-8-15(12)20-10-13/h2-10,17H,19H2,1H3. The van der Waals surface area contributed by atoms with Crippen LogP contribution in [0.4, 0.5) is 4.39 Å². The number of benzene rings is 2. The number of aromatic nitrogens is 1. The highest BCUT2D eigenvalue weighted by Gasteiger charge is 2.15. The Morgan fingerprint density at radius 1 is 1.10 bits per heavy atom. The van der Waals surface area contributed by atoms with Gasteiger partial charge in [0, 0.05) is 17.1 Å². The van der Waals surface area contributed by atoms with Crippen LogP contribution in [0.3, 0.4) is 0 Å². The predicted octanol–water partition coefficient (Wildman–Crippen LogP) is 3.73. The third-order valence-corrected chi connectivity index (χ3v) is 3.53. The van der Waals surface area contributed by atoms with Crippen molar-refractivity contribution in [2.45, 2.75) is 13.0 Å². The van der Waals surface area contributed by atoms with Gasteiger partial charge in [-0.3, -0.25) is 4.98 Å². The number of pyridine rings is 1. The van der Waals surface area contributed by atoms with Crippen LogP contribution in [0.5, 0.6) is 0 Å². The molecule has 1 atom stereocenters. The van der Waals surface area contributed by atoms with Gasteiger partial charge in [-0.05, 0) is 30.2 Å². The van der Waals surface area contributed by atoms with Gasteiger partial charge in [0.25, 0.3) is 0 Å². The van der Waals surface area contributed by atoms with Crippen LogP contribution in [-0.4, -0.2) is 4.98 Å². The van der Waals surface area contributed by atoms with E-state index in [9.17, 15) is 4.39 Å². The van der Waals surface area contributed by atoms with Crippen molar-refractivity contribution in [3.8, 4) is 0 Å². The molecule has 0 radical (unpaired) electrons. The molecule has 0 amide bonds. The number of halogens is 1. The van der Waals surface area contributed by atoms with Crippen molar-refractivity contribution in [2.75, 3.05) is 0 Å². The van der Waals surface area contributed by atoms with Gasteiger partial charge in [-0.15, -0.1) is 0 Å². The summed E-state index contributed by atoms with van der Waals surface area (Å²) in [4.78, 5) is 4.38. The van der Waals surface area contributed by atoms with Gasteiger partial charge in [-0.1, -0.05) is 36.4 Å². The molecule has 0 fully saturated rings. The second kappa shape index (κ2) is 5.02. The molecule has 1 aromatic heterocycles. The zero-order valence-corrected chi connectivity index (χ0v) is 11.2. The zero-order valence-electron chi connectivity index (χ0n) is 11.2. The average molecular weight is 266 g/mol. The van der Waals surface area contributed by atoms with Crippen molar-refractivity contribution in [3.05, 3.63) is 77.2 Å². The summed E-state index contributed by atoms with van der Waals surface area (Å²) in [7, 11) is 0. The Balaban J connectivity index is 2.08. The highest BCUT2D eigenvalue weighted by Crippen LogP contribution is 2.25. The largest absolute Gasteiger partial charge is 0.320 e. The van der Waals surface area contributed by atoms with E-state index >= 15 is 0 Å². The van der Waals surface area contributed by atoms with E-state index in [2.05, 4.69) is 4.98 Å². The number of fused-ring (bicyclic) bond motifs is 1. The quantitative estimate of drug-likeness (QED) is 0.767. The van der Waals surface area contributed by atoms with Crippen molar-refractivity contribution in [1.82, 2.24) is 4.98 Å². The number of para-hydroxylation sites is 1. The average Bonchev–Trinajstić information content (AvgIpc) is 2.49. The van der Waals surface area contributed by atoms with Gasteiger partial charge >= 0.3 is 0 Å². The van der Waals surface area contributed by atoms with Crippen molar-refractivity contribution in [3.63, 3.8) is 0 Å². The minimum absolute atomic E-state index is 0.242. The summed E-state index contributed by atoms with van der Waals surface area (Å²) in [6.07, 6.45) is 1.72. The molecular formula is C17H15FN2. The van der Waals surface area contributed by atoms with E-state index in [-0.39, 0.29) is 5.82 Å². The number of nitrogens with zero attached hydrogens (tertiary/aromatic N) is 1. The first-order valence-electron chi connectivity index (χ1n) is 6.52. The normalized spacial score (nSPS) is 12.6.